The second-order valence-corrected chi connectivity index (χ2v) is 6.37. The predicted molar refractivity (Wildman–Crippen MR) is 95.0 cm³/mol. The van der Waals surface area contributed by atoms with Crippen LogP contribution in [0.2, 0.25) is 0 Å². The second kappa shape index (κ2) is 5.87. The second-order valence-electron chi connectivity index (χ2n) is 6.37. The van der Waals surface area contributed by atoms with E-state index in [4.69, 9.17) is 0 Å². The molecule has 0 spiro atoms. The molecule has 2 aromatic heterocycles. The van der Waals surface area contributed by atoms with E-state index < -0.39 is 12.0 Å². The number of fused-ring (bicyclic) bond motifs is 4. The minimum atomic E-state index is -1.15. The lowest BCUT2D eigenvalue weighted by atomic mass is 10.2. The maximum atomic E-state index is 12.9. The molecule has 2 amide bonds. The minimum absolute atomic E-state index is 0.119. The Morgan fingerprint density at radius 2 is 2.12 bits per heavy atom. The number of pyridine rings is 2. The fourth-order valence-corrected chi connectivity index (χ4v) is 3.46. The summed E-state index contributed by atoms with van der Waals surface area (Å²) in [4.78, 5) is 44.1. The fraction of sp³-hybridized carbons (Fsp3) is 0.294. The van der Waals surface area contributed by atoms with Crippen LogP contribution in [0.25, 0.3) is 0 Å². The van der Waals surface area contributed by atoms with Gasteiger partial charge in [-0.1, -0.05) is 0 Å². The number of carboxylic acids is 1. The van der Waals surface area contributed by atoms with Crippen LogP contribution in [0.3, 0.4) is 0 Å². The molecule has 0 aliphatic carbocycles. The van der Waals surface area contributed by atoms with Crippen LogP contribution in [0, 0.1) is 0 Å². The zero-order valence-electron chi connectivity index (χ0n) is 14.0. The lowest BCUT2D eigenvalue weighted by Crippen LogP contribution is -2.49. The summed E-state index contributed by atoms with van der Waals surface area (Å²) in [6.45, 7) is 1.42. The number of anilines is 3. The topological polar surface area (TPSA) is 108 Å². The molecule has 0 saturated carbocycles. The van der Waals surface area contributed by atoms with E-state index in [9.17, 15) is 19.5 Å². The van der Waals surface area contributed by atoms with Crippen molar-refractivity contribution < 1.29 is 14.7 Å². The Morgan fingerprint density at radius 3 is 2.88 bits per heavy atom. The van der Waals surface area contributed by atoms with Gasteiger partial charge in [0, 0.05) is 26.3 Å². The van der Waals surface area contributed by atoms with Crippen LogP contribution in [0.1, 0.15) is 16.9 Å². The van der Waals surface area contributed by atoms with Gasteiger partial charge in [-0.15, -0.1) is 0 Å². The molecule has 0 radical (unpaired) electrons. The number of carboxylic acid groups (broad SMARTS) is 1. The molecule has 1 atom stereocenters. The Hall–Kier alpha value is -3.36. The number of nitrogens with zero attached hydrogens (tertiary/aromatic N) is 4. The van der Waals surface area contributed by atoms with E-state index in [1.165, 1.54) is 21.6 Å². The number of aryl methyl sites for hydroxylation is 1. The molecule has 2 aliphatic rings. The van der Waals surface area contributed by atoms with Crippen LogP contribution in [-0.2, 0) is 7.05 Å². The van der Waals surface area contributed by atoms with Crippen molar-refractivity contribution in [2.24, 2.45) is 7.05 Å². The Labute approximate surface area is 148 Å². The van der Waals surface area contributed by atoms with Crippen LogP contribution in [0.15, 0.2) is 35.3 Å². The van der Waals surface area contributed by atoms with E-state index in [0.29, 0.717) is 12.4 Å². The van der Waals surface area contributed by atoms with Crippen molar-refractivity contribution in [1.82, 2.24) is 9.55 Å². The van der Waals surface area contributed by atoms with Gasteiger partial charge in [-0.25, -0.2) is 14.6 Å². The number of rotatable bonds is 2. The van der Waals surface area contributed by atoms with Crippen LogP contribution in [-0.4, -0.2) is 45.8 Å². The van der Waals surface area contributed by atoms with Gasteiger partial charge in [0.25, 0.3) is 5.56 Å². The summed E-state index contributed by atoms with van der Waals surface area (Å²) in [6.07, 6.45) is 2.35. The number of hydrogen-bond donors (Lipinski definition) is 2. The maximum Gasteiger partial charge on any atom is 0.354 e. The van der Waals surface area contributed by atoms with Gasteiger partial charge in [0.15, 0.2) is 11.5 Å². The molecule has 9 heteroatoms. The van der Waals surface area contributed by atoms with E-state index >= 15 is 0 Å². The molecule has 0 aromatic carbocycles. The highest BCUT2D eigenvalue weighted by Gasteiger charge is 2.40. The van der Waals surface area contributed by atoms with Crippen LogP contribution in [0.5, 0.6) is 0 Å². The van der Waals surface area contributed by atoms with E-state index in [1.807, 2.05) is 0 Å². The molecule has 1 saturated heterocycles. The van der Waals surface area contributed by atoms with Gasteiger partial charge in [0.05, 0.1) is 11.7 Å². The normalized spacial score (nSPS) is 17.8. The number of amides is 2. The number of nitrogens with one attached hydrogen (secondary N) is 1. The third-order valence-corrected chi connectivity index (χ3v) is 4.75. The molecule has 2 aromatic rings. The standard InChI is InChI=1S/C17H17N5O4/c1-20-7-2-3-11(15(20)23)19-17(26)22-10-6-8-21(9-10)13-5-4-12(16(24)25)18-14(13)22/h2-5,7,10H,6,8-9H2,1H3,(H,19,26)(H,24,25)/t10-/m0/s1. The number of carbonyl (C=O) groups is 2. The number of carbonyl (C=O) groups excluding carboxylic acids is 1. The molecule has 9 nitrogen and oxygen atoms in total. The maximum absolute atomic E-state index is 12.9. The first kappa shape index (κ1) is 16.1. The third kappa shape index (κ3) is 2.48. The van der Waals surface area contributed by atoms with Gasteiger partial charge in [-0.05, 0) is 30.7 Å². The Balaban J connectivity index is 1.73. The summed E-state index contributed by atoms with van der Waals surface area (Å²) < 4.78 is 1.37. The fourth-order valence-electron chi connectivity index (χ4n) is 3.46. The van der Waals surface area contributed by atoms with Crippen LogP contribution < -0.4 is 20.7 Å². The highest BCUT2D eigenvalue weighted by Crippen LogP contribution is 2.39. The van der Waals surface area contributed by atoms with Crippen molar-refractivity contribution in [2.45, 2.75) is 12.5 Å². The lowest BCUT2D eigenvalue weighted by molar-refractivity contribution is 0.0690. The average Bonchev–Trinajstić information content (AvgIpc) is 3.03. The molecule has 4 heterocycles. The van der Waals surface area contributed by atoms with Crippen LogP contribution >= 0.6 is 0 Å². The molecule has 2 aliphatic heterocycles. The molecule has 1 fully saturated rings. The molecule has 26 heavy (non-hydrogen) atoms. The molecule has 2 bridgehead atoms. The number of urea groups is 1. The Bertz CT molecular complexity index is 970. The summed E-state index contributed by atoms with van der Waals surface area (Å²) >= 11 is 0. The smallest absolute Gasteiger partial charge is 0.354 e. The third-order valence-electron chi connectivity index (χ3n) is 4.75. The zero-order chi connectivity index (χ0) is 18.4. The average molecular weight is 355 g/mol. The van der Waals surface area contributed by atoms with Crippen molar-refractivity contribution in [1.29, 1.82) is 0 Å². The van der Waals surface area contributed by atoms with Crippen molar-refractivity contribution in [3.8, 4) is 0 Å². The molecule has 2 N–H and O–H groups in total. The monoisotopic (exact) mass is 355 g/mol. The van der Waals surface area contributed by atoms with Gasteiger partial charge in [0.1, 0.15) is 5.69 Å². The number of aromatic carboxylic acids is 1. The van der Waals surface area contributed by atoms with Crippen molar-refractivity contribution >= 4 is 29.2 Å². The quantitative estimate of drug-likeness (QED) is 0.835. The predicted octanol–water partition coefficient (Wildman–Crippen LogP) is 1.11. The van der Waals surface area contributed by atoms with E-state index in [-0.39, 0.29) is 23.0 Å². The highest BCUT2D eigenvalue weighted by atomic mass is 16.4. The van der Waals surface area contributed by atoms with Crippen molar-refractivity contribution in [2.75, 3.05) is 28.2 Å². The molecule has 0 unspecified atom stereocenters. The van der Waals surface area contributed by atoms with Crippen molar-refractivity contribution in [3.63, 3.8) is 0 Å². The Morgan fingerprint density at radius 1 is 1.31 bits per heavy atom. The van der Waals surface area contributed by atoms with E-state index in [0.717, 1.165) is 18.7 Å². The van der Waals surface area contributed by atoms with Crippen LogP contribution in [0.4, 0.5) is 22.0 Å². The summed E-state index contributed by atoms with van der Waals surface area (Å²) in [7, 11) is 1.60. The first-order chi connectivity index (χ1) is 12.5. The van der Waals surface area contributed by atoms with Crippen molar-refractivity contribution in [3.05, 3.63) is 46.5 Å². The highest BCUT2D eigenvalue weighted by molar-refractivity contribution is 6.05. The zero-order valence-corrected chi connectivity index (χ0v) is 14.0. The summed E-state index contributed by atoms with van der Waals surface area (Å²) in [6, 6.07) is 5.70. The molecule has 4 rings (SSSR count). The first-order valence-corrected chi connectivity index (χ1v) is 8.21. The number of hydrogen-bond acceptors (Lipinski definition) is 5. The summed E-state index contributed by atoms with van der Waals surface area (Å²) in [5.74, 6) is -0.845. The van der Waals surface area contributed by atoms with Gasteiger partial charge in [-0.3, -0.25) is 9.69 Å². The molecular formula is C17H17N5O4. The van der Waals surface area contributed by atoms with Gasteiger partial charge < -0.3 is 19.9 Å². The van der Waals surface area contributed by atoms with Gasteiger partial charge >= 0.3 is 12.0 Å². The van der Waals surface area contributed by atoms with E-state index in [1.54, 1.807) is 25.4 Å². The van der Waals surface area contributed by atoms with Gasteiger partial charge in [0.2, 0.25) is 0 Å². The summed E-state index contributed by atoms with van der Waals surface area (Å²) in [5.41, 5.74) is 0.439. The SMILES string of the molecule is Cn1cccc(NC(=O)N2c3nc(C(=O)O)ccc3N3CC[C@H]2C3)c1=O. The number of aromatic nitrogens is 2. The first-order valence-electron chi connectivity index (χ1n) is 8.21. The largest absolute Gasteiger partial charge is 0.477 e. The molecular weight excluding hydrogens is 338 g/mol. The summed E-state index contributed by atoms with van der Waals surface area (Å²) in [5, 5.41) is 11.9. The molecule has 134 valence electrons. The van der Waals surface area contributed by atoms with E-state index in [2.05, 4.69) is 15.2 Å². The Kier molecular flexibility index (Phi) is 3.64. The minimum Gasteiger partial charge on any atom is -0.477 e. The van der Waals surface area contributed by atoms with Gasteiger partial charge in [-0.2, -0.15) is 0 Å². The lowest BCUT2D eigenvalue weighted by Gasteiger charge is -2.35.